The third-order valence-electron chi connectivity index (χ3n) is 6.82. The molecule has 2 aromatic heterocycles. The van der Waals surface area contributed by atoms with Crippen molar-refractivity contribution in [3.63, 3.8) is 0 Å². The quantitative estimate of drug-likeness (QED) is 0.244. The van der Waals surface area contributed by atoms with Crippen LogP contribution in [-0.2, 0) is 40.3 Å². The highest BCUT2D eigenvalue weighted by atomic mass is 16.5. The fraction of sp³-hybridized carbons (Fsp3) is 0.258. The maximum atomic E-state index is 12.6. The van der Waals surface area contributed by atoms with Gasteiger partial charge in [0, 0.05) is 27.2 Å². The Morgan fingerprint density at radius 3 is 2.08 bits per heavy atom. The van der Waals surface area contributed by atoms with Crippen LogP contribution in [0, 0.1) is 0 Å². The van der Waals surface area contributed by atoms with Gasteiger partial charge in [-0.1, -0.05) is 66.7 Å². The normalized spacial score (nSPS) is 11.2. The Morgan fingerprint density at radius 1 is 0.750 bits per heavy atom. The second-order valence-corrected chi connectivity index (χ2v) is 9.65. The molecule has 0 saturated carbocycles. The van der Waals surface area contributed by atoms with E-state index in [-0.39, 0.29) is 11.2 Å². The summed E-state index contributed by atoms with van der Waals surface area (Å²) in [6.07, 6.45) is 2.40. The number of benzene rings is 3. The first kappa shape index (κ1) is 27.0. The molecule has 0 aliphatic rings. The number of aryl methyl sites for hydroxylation is 1. The molecule has 0 fully saturated rings. The van der Waals surface area contributed by atoms with Crippen molar-refractivity contribution < 1.29 is 9.47 Å². The van der Waals surface area contributed by atoms with Gasteiger partial charge < -0.3 is 19.4 Å². The summed E-state index contributed by atoms with van der Waals surface area (Å²) in [4.78, 5) is 29.1. The van der Waals surface area contributed by atoms with E-state index in [4.69, 9.17) is 9.47 Å². The minimum absolute atomic E-state index is 0.340. The van der Waals surface area contributed by atoms with Gasteiger partial charge in [0.05, 0.1) is 6.33 Å². The van der Waals surface area contributed by atoms with Crippen molar-refractivity contribution in [2.75, 3.05) is 13.1 Å². The maximum absolute atomic E-state index is 12.6. The number of aromatic nitrogens is 4. The van der Waals surface area contributed by atoms with Crippen LogP contribution in [0.4, 0.5) is 0 Å². The van der Waals surface area contributed by atoms with Gasteiger partial charge >= 0.3 is 5.69 Å². The Hall–Kier alpha value is -4.63. The van der Waals surface area contributed by atoms with E-state index in [1.54, 1.807) is 17.9 Å². The third kappa shape index (κ3) is 6.16. The van der Waals surface area contributed by atoms with Gasteiger partial charge in [0.25, 0.3) is 5.56 Å². The monoisotopic (exact) mass is 539 g/mol. The van der Waals surface area contributed by atoms with Crippen molar-refractivity contribution in [3.05, 3.63) is 123 Å². The first-order chi connectivity index (χ1) is 19.5. The Kier molecular flexibility index (Phi) is 8.41. The zero-order chi connectivity index (χ0) is 27.9. The van der Waals surface area contributed by atoms with Crippen LogP contribution < -0.4 is 26.0 Å². The van der Waals surface area contributed by atoms with Crippen LogP contribution in [0.5, 0.6) is 11.5 Å². The van der Waals surface area contributed by atoms with Crippen LogP contribution in [-0.4, -0.2) is 31.8 Å². The molecule has 0 spiro atoms. The molecule has 40 heavy (non-hydrogen) atoms. The number of fused-ring (bicyclic) bond motifs is 1. The number of imidazole rings is 1. The molecule has 5 rings (SSSR count). The zero-order valence-electron chi connectivity index (χ0n) is 22.7. The van der Waals surface area contributed by atoms with E-state index in [0.29, 0.717) is 49.0 Å². The number of ether oxygens (including phenoxy) is 2. The largest absolute Gasteiger partial charge is 0.485 e. The van der Waals surface area contributed by atoms with Crippen molar-refractivity contribution >= 4 is 11.2 Å². The molecular formula is C31H33N5O4. The van der Waals surface area contributed by atoms with E-state index < -0.39 is 0 Å². The van der Waals surface area contributed by atoms with Crippen LogP contribution in [0.1, 0.15) is 16.7 Å². The summed E-state index contributed by atoms with van der Waals surface area (Å²) >= 11 is 0. The second-order valence-electron chi connectivity index (χ2n) is 9.65. The maximum Gasteiger partial charge on any atom is 0.332 e. The number of nitrogens with one attached hydrogen (secondary N) is 1. The molecule has 0 aliphatic carbocycles. The van der Waals surface area contributed by atoms with Gasteiger partial charge in [-0.25, -0.2) is 9.78 Å². The average molecular weight is 540 g/mol. The molecule has 0 amide bonds. The van der Waals surface area contributed by atoms with Gasteiger partial charge in [-0.15, -0.1) is 0 Å². The molecule has 0 unspecified atom stereocenters. The summed E-state index contributed by atoms with van der Waals surface area (Å²) in [5, 5.41) is 3.44. The highest BCUT2D eigenvalue weighted by Gasteiger charge is 2.14. The molecule has 206 valence electrons. The van der Waals surface area contributed by atoms with Gasteiger partial charge in [-0.3, -0.25) is 13.9 Å². The van der Waals surface area contributed by atoms with E-state index in [1.807, 2.05) is 72.8 Å². The SMILES string of the molecule is Cn1c(=O)c2c(ncn2CCNCCc2ccc(OCc3ccccc3)c(OCc3ccccc3)c2)n(C)c1=O. The zero-order valence-corrected chi connectivity index (χ0v) is 22.7. The second kappa shape index (κ2) is 12.5. The molecule has 5 aromatic rings. The summed E-state index contributed by atoms with van der Waals surface area (Å²) in [5.41, 5.74) is 3.40. The van der Waals surface area contributed by atoms with E-state index in [2.05, 4.69) is 16.4 Å². The Bertz CT molecular complexity index is 1690. The van der Waals surface area contributed by atoms with Gasteiger partial charge in [-0.05, 0) is 41.8 Å². The molecule has 3 aromatic carbocycles. The lowest BCUT2D eigenvalue weighted by Crippen LogP contribution is -2.37. The molecule has 0 radical (unpaired) electrons. The van der Waals surface area contributed by atoms with Gasteiger partial charge in [0.1, 0.15) is 13.2 Å². The fourth-order valence-corrected chi connectivity index (χ4v) is 4.53. The molecule has 2 heterocycles. The van der Waals surface area contributed by atoms with Gasteiger partial charge in [-0.2, -0.15) is 0 Å². The van der Waals surface area contributed by atoms with Gasteiger partial charge in [0.2, 0.25) is 0 Å². The predicted octanol–water partition coefficient (Wildman–Crippen LogP) is 3.42. The number of nitrogens with zero attached hydrogens (tertiary/aromatic N) is 4. The Balaban J connectivity index is 1.21. The van der Waals surface area contributed by atoms with Gasteiger partial charge in [0.15, 0.2) is 22.7 Å². The molecule has 0 saturated heterocycles. The first-order valence-corrected chi connectivity index (χ1v) is 13.3. The van der Waals surface area contributed by atoms with Crippen LogP contribution in [0.25, 0.3) is 11.2 Å². The van der Waals surface area contributed by atoms with Crippen LogP contribution in [0.2, 0.25) is 0 Å². The molecule has 9 heteroatoms. The summed E-state index contributed by atoms with van der Waals surface area (Å²) in [6.45, 7) is 2.86. The van der Waals surface area contributed by atoms with Crippen molar-refractivity contribution in [3.8, 4) is 11.5 Å². The number of hydrogen-bond donors (Lipinski definition) is 1. The highest BCUT2D eigenvalue weighted by molar-refractivity contribution is 5.69. The lowest BCUT2D eigenvalue weighted by molar-refractivity contribution is 0.255. The molecule has 0 aliphatic heterocycles. The van der Waals surface area contributed by atoms with E-state index in [1.165, 1.54) is 11.6 Å². The summed E-state index contributed by atoms with van der Waals surface area (Å²) in [7, 11) is 3.10. The highest BCUT2D eigenvalue weighted by Crippen LogP contribution is 2.30. The summed E-state index contributed by atoms with van der Waals surface area (Å²) in [5.74, 6) is 1.42. The topological polar surface area (TPSA) is 92.3 Å². The van der Waals surface area contributed by atoms with Crippen molar-refractivity contribution in [2.45, 2.75) is 26.2 Å². The molecule has 0 atom stereocenters. The number of hydrogen-bond acceptors (Lipinski definition) is 6. The fourth-order valence-electron chi connectivity index (χ4n) is 4.53. The van der Waals surface area contributed by atoms with Crippen molar-refractivity contribution in [1.29, 1.82) is 0 Å². The van der Waals surface area contributed by atoms with E-state index in [9.17, 15) is 9.59 Å². The standard InChI is InChI=1S/C31H33N5O4/c1-34-29-28(30(37)35(2)31(34)38)36(22-33-29)18-17-32-16-15-23-13-14-26(39-20-24-9-5-3-6-10-24)27(19-23)40-21-25-11-7-4-8-12-25/h3-14,19,22,32H,15-18,20-21H2,1-2H3. The minimum atomic E-state index is -0.385. The van der Waals surface area contributed by atoms with Crippen LogP contribution >= 0.6 is 0 Å². The number of rotatable bonds is 12. The lowest BCUT2D eigenvalue weighted by atomic mass is 10.1. The molecular weight excluding hydrogens is 506 g/mol. The van der Waals surface area contributed by atoms with E-state index in [0.717, 1.165) is 34.2 Å². The molecule has 0 bridgehead atoms. The minimum Gasteiger partial charge on any atom is -0.485 e. The first-order valence-electron chi connectivity index (χ1n) is 13.3. The lowest BCUT2D eigenvalue weighted by Gasteiger charge is -2.15. The summed E-state index contributed by atoms with van der Waals surface area (Å²) in [6, 6.07) is 26.2. The average Bonchev–Trinajstić information content (AvgIpc) is 3.42. The van der Waals surface area contributed by atoms with Crippen molar-refractivity contribution in [2.24, 2.45) is 14.1 Å². The smallest absolute Gasteiger partial charge is 0.332 e. The molecule has 9 nitrogen and oxygen atoms in total. The third-order valence-corrected chi connectivity index (χ3v) is 6.82. The Morgan fingerprint density at radius 2 is 1.40 bits per heavy atom. The van der Waals surface area contributed by atoms with Crippen LogP contribution in [0.3, 0.4) is 0 Å². The van der Waals surface area contributed by atoms with Crippen LogP contribution in [0.15, 0.2) is 94.8 Å². The summed E-state index contributed by atoms with van der Waals surface area (Å²) < 4.78 is 16.6. The predicted molar refractivity (Wildman–Crippen MR) is 155 cm³/mol. The van der Waals surface area contributed by atoms with E-state index >= 15 is 0 Å². The Labute approximate surface area is 232 Å². The van der Waals surface area contributed by atoms with Crippen molar-refractivity contribution in [1.82, 2.24) is 24.0 Å². The molecule has 1 N–H and O–H groups in total.